The number of hydrazine groups is 1. The van der Waals surface area contributed by atoms with Gasteiger partial charge in [-0.05, 0) is 23.6 Å². The summed E-state index contributed by atoms with van der Waals surface area (Å²) < 4.78 is 5.26. The highest BCUT2D eigenvalue weighted by Gasteiger charge is 2.40. The van der Waals surface area contributed by atoms with Gasteiger partial charge in [-0.2, -0.15) is 0 Å². The van der Waals surface area contributed by atoms with Crippen LogP contribution >= 0.6 is 0 Å². The van der Waals surface area contributed by atoms with E-state index in [1.54, 1.807) is 4.90 Å². The van der Waals surface area contributed by atoms with E-state index in [2.05, 4.69) is 11.5 Å². The van der Waals surface area contributed by atoms with E-state index < -0.39 is 0 Å². The standard InChI is InChI=1S/C13H17N3O2/c1-16-11-4-3-10(13(15-14)7-18-8-13)6-9(11)2-5-12(16)17/h3-4,6,15H,2,5,7-8,14H2,1H3. The Morgan fingerprint density at radius 2 is 2.17 bits per heavy atom. The Hall–Kier alpha value is -1.43. The van der Waals surface area contributed by atoms with Crippen LogP contribution in [-0.2, 0) is 21.5 Å². The van der Waals surface area contributed by atoms with Crippen molar-refractivity contribution in [3.8, 4) is 0 Å². The number of anilines is 1. The number of nitrogens with one attached hydrogen (secondary N) is 1. The fourth-order valence-corrected chi connectivity index (χ4v) is 2.59. The summed E-state index contributed by atoms with van der Waals surface area (Å²) in [6.07, 6.45) is 1.38. The first kappa shape index (κ1) is 11.6. The lowest BCUT2D eigenvalue weighted by molar-refractivity contribution is -0.118. The Morgan fingerprint density at radius 1 is 1.39 bits per heavy atom. The van der Waals surface area contributed by atoms with Crippen LogP contribution in [0.1, 0.15) is 17.5 Å². The molecular formula is C13H17N3O2. The van der Waals surface area contributed by atoms with Gasteiger partial charge in [0.1, 0.15) is 5.54 Å². The third-order valence-corrected chi connectivity index (χ3v) is 3.95. The lowest BCUT2D eigenvalue weighted by Crippen LogP contribution is -2.60. The van der Waals surface area contributed by atoms with E-state index >= 15 is 0 Å². The van der Waals surface area contributed by atoms with Crippen molar-refractivity contribution in [1.29, 1.82) is 0 Å². The van der Waals surface area contributed by atoms with Crippen LogP contribution in [0.15, 0.2) is 18.2 Å². The number of nitrogens with zero attached hydrogens (tertiary/aromatic N) is 1. The van der Waals surface area contributed by atoms with E-state index in [0.29, 0.717) is 19.6 Å². The zero-order valence-electron chi connectivity index (χ0n) is 10.4. The summed E-state index contributed by atoms with van der Waals surface area (Å²) in [5.41, 5.74) is 5.94. The second-order valence-electron chi connectivity index (χ2n) is 5.02. The number of carbonyl (C=O) groups excluding carboxylic acids is 1. The highest BCUT2D eigenvalue weighted by atomic mass is 16.5. The van der Waals surface area contributed by atoms with Crippen LogP contribution in [0.5, 0.6) is 0 Å². The topological polar surface area (TPSA) is 67.6 Å². The zero-order valence-corrected chi connectivity index (χ0v) is 10.4. The number of benzene rings is 1. The predicted molar refractivity (Wildman–Crippen MR) is 68.0 cm³/mol. The molecule has 1 fully saturated rings. The molecule has 5 heteroatoms. The van der Waals surface area contributed by atoms with Crippen molar-refractivity contribution in [2.24, 2.45) is 5.84 Å². The molecule has 0 atom stereocenters. The lowest BCUT2D eigenvalue weighted by atomic mass is 9.86. The van der Waals surface area contributed by atoms with Crippen LogP contribution in [-0.4, -0.2) is 26.2 Å². The van der Waals surface area contributed by atoms with Gasteiger partial charge in [0.2, 0.25) is 5.91 Å². The number of rotatable bonds is 2. The molecule has 0 aromatic heterocycles. The minimum Gasteiger partial charge on any atom is -0.377 e. The van der Waals surface area contributed by atoms with E-state index in [4.69, 9.17) is 10.6 Å². The van der Waals surface area contributed by atoms with Crippen molar-refractivity contribution in [3.63, 3.8) is 0 Å². The van der Waals surface area contributed by atoms with Crippen LogP contribution in [0.25, 0.3) is 0 Å². The molecule has 1 saturated heterocycles. The molecule has 3 rings (SSSR count). The molecule has 1 aromatic carbocycles. The number of ether oxygens (including phenoxy) is 1. The molecule has 3 N–H and O–H groups in total. The fourth-order valence-electron chi connectivity index (χ4n) is 2.59. The average Bonchev–Trinajstić information content (AvgIpc) is 2.33. The third-order valence-electron chi connectivity index (χ3n) is 3.95. The van der Waals surface area contributed by atoms with E-state index in [1.807, 2.05) is 19.2 Å². The van der Waals surface area contributed by atoms with Crippen molar-refractivity contribution in [2.45, 2.75) is 18.4 Å². The van der Waals surface area contributed by atoms with Crippen LogP contribution in [0.4, 0.5) is 5.69 Å². The largest absolute Gasteiger partial charge is 0.377 e. The van der Waals surface area contributed by atoms with Crippen LogP contribution in [0, 0.1) is 0 Å². The van der Waals surface area contributed by atoms with Gasteiger partial charge in [0.15, 0.2) is 0 Å². The normalized spacial score (nSPS) is 21.4. The second-order valence-corrected chi connectivity index (χ2v) is 5.02. The van der Waals surface area contributed by atoms with E-state index in [0.717, 1.165) is 17.7 Å². The minimum atomic E-state index is -0.255. The molecule has 5 nitrogen and oxygen atoms in total. The summed E-state index contributed by atoms with van der Waals surface area (Å²) >= 11 is 0. The number of amides is 1. The van der Waals surface area contributed by atoms with Gasteiger partial charge in [0, 0.05) is 19.2 Å². The SMILES string of the molecule is CN1C(=O)CCc2cc(C3(NN)COC3)ccc21. The Labute approximate surface area is 106 Å². The minimum absolute atomic E-state index is 0.175. The zero-order chi connectivity index (χ0) is 12.8. The number of nitrogens with two attached hydrogens (primary N) is 1. The summed E-state index contributed by atoms with van der Waals surface area (Å²) in [4.78, 5) is 13.4. The van der Waals surface area contributed by atoms with Crippen LogP contribution in [0.2, 0.25) is 0 Å². The number of carbonyl (C=O) groups is 1. The summed E-state index contributed by atoms with van der Waals surface area (Å²) in [6, 6.07) is 6.16. The van der Waals surface area contributed by atoms with Gasteiger partial charge in [0.05, 0.1) is 13.2 Å². The van der Waals surface area contributed by atoms with Gasteiger partial charge < -0.3 is 9.64 Å². The smallest absolute Gasteiger partial charge is 0.227 e. The quantitative estimate of drug-likeness (QED) is 0.582. The van der Waals surface area contributed by atoms with E-state index in [-0.39, 0.29) is 11.4 Å². The maximum absolute atomic E-state index is 11.6. The van der Waals surface area contributed by atoms with Gasteiger partial charge in [-0.1, -0.05) is 12.1 Å². The molecule has 2 aliphatic rings. The molecule has 1 aromatic rings. The summed E-state index contributed by atoms with van der Waals surface area (Å²) in [7, 11) is 1.82. The van der Waals surface area contributed by atoms with Crippen molar-refractivity contribution in [1.82, 2.24) is 5.43 Å². The maximum atomic E-state index is 11.6. The first-order valence-corrected chi connectivity index (χ1v) is 6.12. The highest BCUT2D eigenvalue weighted by Crippen LogP contribution is 2.34. The molecule has 0 unspecified atom stereocenters. The number of hydrogen-bond donors (Lipinski definition) is 2. The summed E-state index contributed by atoms with van der Waals surface area (Å²) in [6.45, 7) is 1.19. The Bertz CT molecular complexity index is 491. The molecule has 96 valence electrons. The van der Waals surface area contributed by atoms with Gasteiger partial charge in [-0.3, -0.25) is 10.6 Å². The Balaban J connectivity index is 1.99. The molecule has 1 amide bonds. The van der Waals surface area contributed by atoms with E-state index in [9.17, 15) is 4.79 Å². The molecule has 0 bridgehead atoms. The Morgan fingerprint density at radius 3 is 2.78 bits per heavy atom. The molecule has 18 heavy (non-hydrogen) atoms. The van der Waals surface area contributed by atoms with Gasteiger partial charge in [0.25, 0.3) is 0 Å². The molecule has 0 radical (unpaired) electrons. The fraction of sp³-hybridized carbons (Fsp3) is 0.462. The van der Waals surface area contributed by atoms with Crippen LogP contribution in [0.3, 0.4) is 0 Å². The van der Waals surface area contributed by atoms with Crippen molar-refractivity contribution in [2.75, 3.05) is 25.2 Å². The first-order chi connectivity index (χ1) is 8.66. The first-order valence-electron chi connectivity index (χ1n) is 6.12. The molecule has 0 saturated carbocycles. The predicted octanol–water partition coefficient (Wildman–Crippen LogP) is 0.284. The third kappa shape index (κ3) is 1.55. The molecule has 2 heterocycles. The molecule has 0 aliphatic carbocycles. The van der Waals surface area contributed by atoms with Crippen molar-refractivity contribution >= 4 is 11.6 Å². The van der Waals surface area contributed by atoms with Gasteiger partial charge in [-0.25, -0.2) is 5.43 Å². The summed E-state index contributed by atoms with van der Waals surface area (Å²) in [5, 5.41) is 0. The average molecular weight is 247 g/mol. The van der Waals surface area contributed by atoms with Crippen LogP contribution < -0.4 is 16.2 Å². The highest BCUT2D eigenvalue weighted by molar-refractivity contribution is 5.95. The second kappa shape index (κ2) is 4.05. The van der Waals surface area contributed by atoms with E-state index in [1.165, 1.54) is 5.56 Å². The van der Waals surface area contributed by atoms with Gasteiger partial charge >= 0.3 is 0 Å². The van der Waals surface area contributed by atoms with Gasteiger partial charge in [-0.15, -0.1) is 0 Å². The molecule has 0 spiro atoms. The summed E-state index contributed by atoms with van der Waals surface area (Å²) in [5.74, 6) is 5.81. The van der Waals surface area contributed by atoms with Crippen molar-refractivity contribution < 1.29 is 9.53 Å². The number of hydrogen-bond acceptors (Lipinski definition) is 4. The monoisotopic (exact) mass is 247 g/mol. The molecule has 2 aliphatic heterocycles. The van der Waals surface area contributed by atoms with Crippen molar-refractivity contribution in [3.05, 3.63) is 29.3 Å². The lowest BCUT2D eigenvalue weighted by Gasteiger charge is -2.41. The number of aryl methyl sites for hydroxylation is 1. The molecular weight excluding hydrogens is 230 g/mol. The number of fused-ring (bicyclic) bond motifs is 1. The maximum Gasteiger partial charge on any atom is 0.227 e. The Kier molecular flexibility index (Phi) is 2.62.